The van der Waals surface area contributed by atoms with Gasteiger partial charge in [0, 0.05) is 6.54 Å². The molecule has 0 heterocycles. The molecule has 0 radical (unpaired) electrons. The molecule has 0 aliphatic heterocycles. The fraction of sp³-hybridized carbons (Fsp3) is 0.846. The van der Waals surface area contributed by atoms with Crippen LogP contribution in [-0.2, 0) is 4.74 Å². The Hall–Kier alpha value is -0.420. The molecule has 0 saturated carbocycles. The van der Waals surface area contributed by atoms with E-state index >= 15 is 0 Å². The van der Waals surface area contributed by atoms with Crippen molar-refractivity contribution < 1.29 is 14.9 Å². The van der Waals surface area contributed by atoms with Crippen LogP contribution in [0.5, 0.6) is 0 Å². The summed E-state index contributed by atoms with van der Waals surface area (Å²) in [7, 11) is 0. The van der Waals surface area contributed by atoms with Crippen LogP contribution < -0.4 is 0 Å². The van der Waals surface area contributed by atoms with Crippen molar-refractivity contribution in [2.24, 2.45) is 0 Å². The fourth-order valence-corrected chi connectivity index (χ4v) is 1.57. The molecule has 102 valence electrons. The topological polar surface area (TPSA) is 52.9 Å². The lowest BCUT2D eigenvalue weighted by atomic mass is 10.2. The molecule has 0 aromatic carbocycles. The van der Waals surface area contributed by atoms with Gasteiger partial charge < -0.3 is 14.9 Å². The van der Waals surface area contributed by atoms with E-state index in [1.54, 1.807) is 0 Å². The van der Waals surface area contributed by atoms with E-state index in [1.165, 1.54) is 0 Å². The lowest BCUT2D eigenvalue weighted by Crippen LogP contribution is -2.36. The van der Waals surface area contributed by atoms with Crippen LogP contribution in [0.1, 0.15) is 39.5 Å². The molecule has 0 bridgehead atoms. The second kappa shape index (κ2) is 10.7. The number of ether oxygens (including phenoxy) is 1. The van der Waals surface area contributed by atoms with Crippen LogP contribution in [-0.4, -0.2) is 47.3 Å². The molecule has 0 aliphatic rings. The highest BCUT2D eigenvalue weighted by atomic mass is 16.6. The fourth-order valence-electron chi connectivity index (χ4n) is 1.57. The largest absolute Gasteiger partial charge is 0.378 e. The normalized spacial score (nSPS) is 14.9. The summed E-state index contributed by atoms with van der Waals surface area (Å²) in [5.41, 5.74) is 0. The van der Waals surface area contributed by atoms with Crippen molar-refractivity contribution in [2.45, 2.75) is 52.0 Å². The van der Waals surface area contributed by atoms with Gasteiger partial charge in [0.05, 0.1) is 6.61 Å². The van der Waals surface area contributed by atoms with Crippen LogP contribution in [0, 0.1) is 0 Å². The van der Waals surface area contributed by atoms with Crippen LogP contribution >= 0.6 is 0 Å². The maximum Gasteiger partial charge on any atom is 0.154 e. The van der Waals surface area contributed by atoms with E-state index in [4.69, 9.17) is 4.74 Å². The van der Waals surface area contributed by atoms with Crippen molar-refractivity contribution in [2.75, 3.05) is 19.7 Å². The van der Waals surface area contributed by atoms with Gasteiger partial charge >= 0.3 is 0 Å². The molecule has 0 fully saturated rings. The monoisotopic (exact) mass is 245 g/mol. The molecule has 0 aliphatic carbocycles. The number of allylic oxidation sites excluding steroid dienone is 1. The predicted octanol–water partition coefficient (Wildman–Crippen LogP) is 1.73. The van der Waals surface area contributed by atoms with Gasteiger partial charge in [0.1, 0.15) is 6.23 Å². The molecule has 0 saturated heterocycles. The quantitative estimate of drug-likeness (QED) is 0.331. The Balaban J connectivity index is 3.69. The van der Waals surface area contributed by atoms with Gasteiger partial charge in [-0.05, 0) is 32.2 Å². The van der Waals surface area contributed by atoms with Gasteiger partial charge in [0.15, 0.2) is 6.29 Å². The van der Waals surface area contributed by atoms with E-state index in [0.29, 0.717) is 13.0 Å². The SMILES string of the molecule is C=CCCC(O)N(CC)CCCOC(O)CC. The van der Waals surface area contributed by atoms with Gasteiger partial charge in [0.25, 0.3) is 0 Å². The summed E-state index contributed by atoms with van der Waals surface area (Å²) >= 11 is 0. The summed E-state index contributed by atoms with van der Waals surface area (Å²) < 4.78 is 5.18. The maximum absolute atomic E-state index is 9.88. The lowest BCUT2D eigenvalue weighted by Gasteiger charge is -2.26. The maximum atomic E-state index is 9.88. The molecule has 0 spiro atoms. The standard InChI is InChI=1S/C13H27NO3/c1-4-7-9-12(15)14(6-3)10-8-11-17-13(16)5-2/h4,12-13,15-16H,1,5-11H2,2-3H3. The highest BCUT2D eigenvalue weighted by Crippen LogP contribution is 2.05. The zero-order valence-electron chi connectivity index (χ0n) is 11.1. The van der Waals surface area contributed by atoms with E-state index in [2.05, 4.69) is 6.58 Å². The van der Waals surface area contributed by atoms with Crippen LogP contribution in [0.3, 0.4) is 0 Å². The van der Waals surface area contributed by atoms with Crippen molar-refractivity contribution in [1.29, 1.82) is 0 Å². The molecule has 4 nitrogen and oxygen atoms in total. The summed E-state index contributed by atoms with van der Waals surface area (Å²) in [4.78, 5) is 2.01. The zero-order chi connectivity index (χ0) is 13.1. The minimum Gasteiger partial charge on any atom is -0.378 e. The second-order valence-corrected chi connectivity index (χ2v) is 4.06. The predicted molar refractivity (Wildman–Crippen MR) is 69.6 cm³/mol. The van der Waals surface area contributed by atoms with Crippen molar-refractivity contribution >= 4 is 0 Å². The Kier molecular flexibility index (Phi) is 10.5. The third kappa shape index (κ3) is 8.32. The molecule has 4 heteroatoms. The van der Waals surface area contributed by atoms with Gasteiger partial charge in [-0.2, -0.15) is 0 Å². The van der Waals surface area contributed by atoms with E-state index in [-0.39, 0.29) is 0 Å². The van der Waals surface area contributed by atoms with Gasteiger partial charge in [-0.1, -0.05) is 19.9 Å². The summed E-state index contributed by atoms with van der Waals surface area (Å²) in [6, 6.07) is 0. The van der Waals surface area contributed by atoms with E-state index in [1.807, 2.05) is 24.8 Å². The number of nitrogens with zero attached hydrogens (tertiary/aromatic N) is 1. The summed E-state index contributed by atoms with van der Waals surface area (Å²) in [5, 5.41) is 19.1. The minimum atomic E-state index is -0.657. The third-order valence-electron chi connectivity index (χ3n) is 2.71. The van der Waals surface area contributed by atoms with Crippen molar-refractivity contribution in [3.63, 3.8) is 0 Å². The van der Waals surface area contributed by atoms with E-state index in [9.17, 15) is 10.2 Å². The van der Waals surface area contributed by atoms with Gasteiger partial charge in [0.2, 0.25) is 0 Å². The van der Waals surface area contributed by atoms with Crippen LogP contribution in [0.2, 0.25) is 0 Å². The average Bonchev–Trinajstić information content (AvgIpc) is 2.35. The van der Waals surface area contributed by atoms with Gasteiger partial charge in [-0.15, -0.1) is 6.58 Å². The molecule has 0 aromatic heterocycles. The molecule has 17 heavy (non-hydrogen) atoms. The molecule has 2 unspecified atom stereocenters. The van der Waals surface area contributed by atoms with Crippen molar-refractivity contribution in [3.05, 3.63) is 12.7 Å². The molecular formula is C13H27NO3. The number of rotatable bonds is 11. The molecule has 2 atom stereocenters. The summed E-state index contributed by atoms with van der Waals surface area (Å²) in [6.45, 7) is 9.67. The number of aliphatic hydroxyl groups excluding tert-OH is 2. The van der Waals surface area contributed by atoms with Crippen LogP contribution in [0.25, 0.3) is 0 Å². The first kappa shape index (κ1) is 16.6. The van der Waals surface area contributed by atoms with Crippen LogP contribution in [0.15, 0.2) is 12.7 Å². The molecule has 2 N–H and O–H groups in total. The molecule has 0 amide bonds. The summed E-state index contributed by atoms with van der Waals surface area (Å²) in [5.74, 6) is 0. The highest BCUT2D eigenvalue weighted by molar-refractivity contribution is 4.70. The Bertz CT molecular complexity index is 188. The number of hydrogen-bond acceptors (Lipinski definition) is 4. The van der Waals surface area contributed by atoms with Gasteiger partial charge in [-0.25, -0.2) is 0 Å². The highest BCUT2D eigenvalue weighted by Gasteiger charge is 2.12. The van der Waals surface area contributed by atoms with Crippen molar-refractivity contribution in [1.82, 2.24) is 4.90 Å². The van der Waals surface area contributed by atoms with E-state index in [0.717, 1.165) is 32.4 Å². The Morgan fingerprint density at radius 2 is 2.06 bits per heavy atom. The average molecular weight is 245 g/mol. The summed E-state index contributed by atoms with van der Waals surface area (Å²) in [6.07, 6.45) is 3.72. The Labute approximate surface area is 105 Å². The van der Waals surface area contributed by atoms with Crippen LogP contribution in [0.4, 0.5) is 0 Å². The Morgan fingerprint density at radius 3 is 2.59 bits per heavy atom. The lowest BCUT2D eigenvalue weighted by molar-refractivity contribution is -0.103. The smallest absolute Gasteiger partial charge is 0.154 e. The van der Waals surface area contributed by atoms with Crippen molar-refractivity contribution in [3.8, 4) is 0 Å². The molecule has 0 rings (SSSR count). The Morgan fingerprint density at radius 1 is 1.35 bits per heavy atom. The van der Waals surface area contributed by atoms with E-state index < -0.39 is 12.5 Å². The zero-order valence-corrected chi connectivity index (χ0v) is 11.1. The third-order valence-corrected chi connectivity index (χ3v) is 2.71. The second-order valence-electron chi connectivity index (χ2n) is 4.06. The number of aliphatic hydroxyl groups is 2. The molecule has 0 aromatic rings. The van der Waals surface area contributed by atoms with Gasteiger partial charge in [-0.3, -0.25) is 4.90 Å². The first-order chi connectivity index (χ1) is 8.15. The molecular weight excluding hydrogens is 218 g/mol. The minimum absolute atomic E-state index is 0.408. The first-order valence-electron chi connectivity index (χ1n) is 6.48. The number of hydrogen-bond donors (Lipinski definition) is 2. The first-order valence-corrected chi connectivity index (χ1v) is 6.48.